The van der Waals surface area contributed by atoms with Crippen LogP contribution < -0.4 is 0 Å². The van der Waals surface area contributed by atoms with Crippen molar-refractivity contribution in [3.05, 3.63) is 71.8 Å². The van der Waals surface area contributed by atoms with Crippen LogP contribution in [-0.4, -0.2) is 18.6 Å². The monoisotopic (exact) mass is 248 g/mol. The van der Waals surface area contributed by atoms with Crippen LogP contribution >= 0.6 is 0 Å². The standard InChI is InChI=1S/C17H16N2/c1-3-7-14(8-4-1)17(11-16-12-18-13-19-16)15-9-5-2-6-10-15/h1-10,12-13,16-17H,11H2. The van der Waals surface area contributed by atoms with Gasteiger partial charge in [-0.15, -0.1) is 0 Å². The van der Waals surface area contributed by atoms with Crippen LogP contribution in [0.1, 0.15) is 23.5 Å². The zero-order chi connectivity index (χ0) is 12.9. The van der Waals surface area contributed by atoms with Gasteiger partial charge in [0.25, 0.3) is 0 Å². The van der Waals surface area contributed by atoms with E-state index in [0.29, 0.717) is 5.92 Å². The van der Waals surface area contributed by atoms with E-state index in [-0.39, 0.29) is 6.04 Å². The highest BCUT2D eigenvalue weighted by Crippen LogP contribution is 2.29. The summed E-state index contributed by atoms with van der Waals surface area (Å²) in [6, 6.07) is 21.4. The summed E-state index contributed by atoms with van der Waals surface area (Å²) in [5.41, 5.74) is 2.67. The van der Waals surface area contributed by atoms with Crippen molar-refractivity contribution in [3.63, 3.8) is 0 Å². The van der Waals surface area contributed by atoms with E-state index >= 15 is 0 Å². The molecule has 0 radical (unpaired) electrons. The van der Waals surface area contributed by atoms with Crippen LogP contribution in [0.4, 0.5) is 0 Å². The molecule has 1 aliphatic heterocycles. The summed E-state index contributed by atoms with van der Waals surface area (Å²) in [6.45, 7) is 0. The van der Waals surface area contributed by atoms with Crippen molar-refractivity contribution in [2.45, 2.75) is 18.4 Å². The van der Waals surface area contributed by atoms with Gasteiger partial charge in [-0.2, -0.15) is 0 Å². The highest BCUT2D eigenvalue weighted by Gasteiger charge is 2.19. The van der Waals surface area contributed by atoms with E-state index in [4.69, 9.17) is 0 Å². The van der Waals surface area contributed by atoms with Gasteiger partial charge in [0.15, 0.2) is 0 Å². The maximum atomic E-state index is 4.38. The molecule has 0 amide bonds. The predicted molar refractivity (Wildman–Crippen MR) is 80.1 cm³/mol. The van der Waals surface area contributed by atoms with Crippen molar-refractivity contribution < 1.29 is 0 Å². The van der Waals surface area contributed by atoms with Crippen LogP contribution in [0.2, 0.25) is 0 Å². The Bertz CT molecular complexity index is 521. The molecule has 0 fully saturated rings. The van der Waals surface area contributed by atoms with Gasteiger partial charge in [0.1, 0.15) is 6.34 Å². The Balaban J connectivity index is 1.91. The normalized spacial score (nSPS) is 17.2. The summed E-state index contributed by atoms with van der Waals surface area (Å²) in [4.78, 5) is 8.47. The summed E-state index contributed by atoms with van der Waals surface area (Å²) < 4.78 is 0. The van der Waals surface area contributed by atoms with Crippen LogP contribution in [-0.2, 0) is 0 Å². The van der Waals surface area contributed by atoms with Crippen LogP contribution in [0.25, 0.3) is 0 Å². The minimum Gasteiger partial charge on any atom is -0.264 e. The molecule has 2 aromatic carbocycles. The number of hydrogen-bond donors (Lipinski definition) is 0. The molecule has 1 aliphatic rings. The fourth-order valence-electron chi connectivity index (χ4n) is 2.50. The van der Waals surface area contributed by atoms with Gasteiger partial charge in [-0.25, -0.2) is 4.99 Å². The Hall–Kier alpha value is -2.22. The minimum atomic E-state index is 0.199. The highest BCUT2D eigenvalue weighted by molar-refractivity contribution is 5.82. The first-order valence-electron chi connectivity index (χ1n) is 6.58. The molecule has 0 saturated heterocycles. The lowest BCUT2D eigenvalue weighted by Gasteiger charge is -2.19. The number of aliphatic imine (C=N–C) groups is 2. The molecule has 2 aromatic rings. The van der Waals surface area contributed by atoms with Gasteiger partial charge in [0.2, 0.25) is 0 Å². The first kappa shape index (κ1) is 11.8. The smallest absolute Gasteiger partial charge is 0.110 e. The van der Waals surface area contributed by atoms with E-state index < -0.39 is 0 Å². The second-order valence-electron chi connectivity index (χ2n) is 4.74. The van der Waals surface area contributed by atoms with Crippen LogP contribution in [0.5, 0.6) is 0 Å². The van der Waals surface area contributed by atoms with E-state index in [0.717, 1.165) is 6.42 Å². The molecular weight excluding hydrogens is 232 g/mol. The first-order chi connectivity index (χ1) is 9.43. The molecule has 0 aliphatic carbocycles. The van der Waals surface area contributed by atoms with Crippen molar-refractivity contribution in [2.75, 3.05) is 0 Å². The second-order valence-corrected chi connectivity index (χ2v) is 4.74. The summed E-state index contributed by atoms with van der Waals surface area (Å²) >= 11 is 0. The van der Waals surface area contributed by atoms with E-state index in [1.54, 1.807) is 6.34 Å². The van der Waals surface area contributed by atoms with Gasteiger partial charge in [-0.05, 0) is 17.5 Å². The molecule has 94 valence electrons. The fourth-order valence-corrected chi connectivity index (χ4v) is 2.50. The quantitative estimate of drug-likeness (QED) is 0.788. The van der Waals surface area contributed by atoms with Crippen molar-refractivity contribution in [1.82, 2.24) is 0 Å². The lowest BCUT2D eigenvalue weighted by Crippen LogP contribution is -2.11. The zero-order valence-corrected chi connectivity index (χ0v) is 10.7. The zero-order valence-electron chi connectivity index (χ0n) is 10.7. The van der Waals surface area contributed by atoms with Crippen LogP contribution in [0.3, 0.4) is 0 Å². The number of hydrogen-bond acceptors (Lipinski definition) is 2. The second kappa shape index (κ2) is 5.61. The molecule has 1 heterocycles. The molecule has 1 atom stereocenters. The summed E-state index contributed by atoms with van der Waals surface area (Å²) in [5.74, 6) is 0.370. The molecule has 3 rings (SSSR count). The summed E-state index contributed by atoms with van der Waals surface area (Å²) in [5, 5.41) is 0. The van der Waals surface area contributed by atoms with Crippen LogP contribution in [0.15, 0.2) is 70.6 Å². The molecule has 0 aromatic heterocycles. The lowest BCUT2D eigenvalue weighted by atomic mass is 9.86. The number of rotatable bonds is 4. The summed E-state index contributed by atoms with van der Waals surface area (Å²) in [7, 11) is 0. The number of nitrogens with zero attached hydrogens (tertiary/aromatic N) is 2. The third-order valence-electron chi connectivity index (χ3n) is 3.46. The van der Waals surface area contributed by atoms with Gasteiger partial charge >= 0.3 is 0 Å². The Labute approximate surface area is 113 Å². The number of benzene rings is 2. The van der Waals surface area contributed by atoms with Gasteiger partial charge < -0.3 is 0 Å². The Morgan fingerprint density at radius 2 is 1.42 bits per heavy atom. The molecule has 0 saturated carbocycles. The third-order valence-corrected chi connectivity index (χ3v) is 3.46. The SMILES string of the molecule is C1=NC=NC1CC(c1ccccc1)c1ccccc1. The van der Waals surface area contributed by atoms with E-state index in [9.17, 15) is 0 Å². The molecule has 0 N–H and O–H groups in total. The van der Waals surface area contributed by atoms with Gasteiger partial charge in [0.05, 0.1) is 6.04 Å². The fraction of sp³-hybridized carbons (Fsp3) is 0.176. The van der Waals surface area contributed by atoms with Gasteiger partial charge in [-0.3, -0.25) is 4.99 Å². The Kier molecular flexibility index (Phi) is 3.50. The maximum Gasteiger partial charge on any atom is 0.110 e. The van der Waals surface area contributed by atoms with Crippen LogP contribution in [0, 0.1) is 0 Å². The molecule has 0 bridgehead atoms. The average molecular weight is 248 g/mol. The predicted octanol–water partition coefficient (Wildman–Crippen LogP) is 3.69. The molecule has 19 heavy (non-hydrogen) atoms. The molecule has 1 unspecified atom stereocenters. The maximum absolute atomic E-state index is 4.38. The topological polar surface area (TPSA) is 24.7 Å². The first-order valence-corrected chi connectivity index (χ1v) is 6.58. The van der Waals surface area contributed by atoms with Crippen molar-refractivity contribution >= 4 is 12.6 Å². The third kappa shape index (κ3) is 2.79. The Morgan fingerprint density at radius 1 is 0.842 bits per heavy atom. The van der Waals surface area contributed by atoms with E-state index in [1.807, 2.05) is 6.21 Å². The van der Waals surface area contributed by atoms with Gasteiger partial charge in [-0.1, -0.05) is 60.7 Å². The Morgan fingerprint density at radius 3 is 1.89 bits per heavy atom. The molecule has 2 heteroatoms. The van der Waals surface area contributed by atoms with E-state index in [1.165, 1.54) is 11.1 Å². The molecular formula is C17H16N2. The average Bonchev–Trinajstić information content (AvgIpc) is 3.00. The van der Waals surface area contributed by atoms with Crippen molar-refractivity contribution in [2.24, 2.45) is 9.98 Å². The van der Waals surface area contributed by atoms with Gasteiger partial charge in [0, 0.05) is 12.1 Å². The van der Waals surface area contributed by atoms with Crippen molar-refractivity contribution in [1.29, 1.82) is 0 Å². The summed E-state index contributed by atoms with van der Waals surface area (Å²) in [6.07, 6.45) is 4.55. The minimum absolute atomic E-state index is 0.199. The van der Waals surface area contributed by atoms with Crippen molar-refractivity contribution in [3.8, 4) is 0 Å². The largest absolute Gasteiger partial charge is 0.264 e. The molecule has 0 spiro atoms. The highest BCUT2D eigenvalue weighted by atomic mass is 14.9. The molecule has 2 nitrogen and oxygen atoms in total. The van der Waals surface area contributed by atoms with E-state index in [2.05, 4.69) is 70.6 Å². The lowest BCUT2D eigenvalue weighted by molar-refractivity contribution is 0.684.